The Morgan fingerprint density at radius 2 is 1.96 bits per heavy atom. The molecular formula is C19H24N2O3. The van der Waals surface area contributed by atoms with Crippen LogP contribution in [0.1, 0.15) is 24.8 Å². The minimum atomic E-state index is -0.342. The van der Waals surface area contributed by atoms with Crippen LogP contribution in [0.3, 0.4) is 0 Å². The number of piperidine rings is 1. The zero-order valence-corrected chi connectivity index (χ0v) is 13.8. The van der Waals surface area contributed by atoms with Crippen molar-refractivity contribution < 1.29 is 14.3 Å². The molecule has 1 saturated carbocycles. The van der Waals surface area contributed by atoms with E-state index in [1.165, 1.54) is 6.08 Å². The van der Waals surface area contributed by atoms with E-state index < -0.39 is 0 Å². The first-order valence-electron chi connectivity index (χ1n) is 8.56. The third kappa shape index (κ3) is 4.16. The zero-order chi connectivity index (χ0) is 16.9. The van der Waals surface area contributed by atoms with Gasteiger partial charge in [0.05, 0.1) is 0 Å². The van der Waals surface area contributed by atoms with Gasteiger partial charge in [0, 0.05) is 19.1 Å². The summed E-state index contributed by atoms with van der Waals surface area (Å²) in [5, 5.41) is 2.96. The van der Waals surface area contributed by atoms with Crippen LogP contribution in [0.4, 0.5) is 4.79 Å². The highest BCUT2D eigenvalue weighted by molar-refractivity contribution is 5.87. The Labute approximate surface area is 142 Å². The zero-order valence-electron chi connectivity index (χ0n) is 13.8. The summed E-state index contributed by atoms with van der Waals surface area (Å²) in [5.41, 5.74) is 0.985. The molecule has 2 amide bonds. The quantitative estimate of drug-likeness (QED) is 0.846. The minimum absolute atomic E-state index is 0.0170. The second-order valence-corrected chi connectivity index (χ2v) is 6.58. The van der Waals surface area contributed by atoms with Crippen molar-refractivity contribution in [3.8, 4) is 0 Å². The molecule has 0 aromatic heterocycles. The van der Waals surface area contributed by atoms with Crippen molar-refractivity contribution in [3.05, 3.63) is 48.6 Å². The van der Waals surface area contributed by atoms with Crippen LogP contribution in [0.2, 0.25) is 0 Å². The number of alkyl carbamates (subject to hydrolysis) is 1. The molecule has 2 atom stereocenters. The van der Waals surface area contributed by atoms with Gasteiger partial charge in [-0.25, -0.2) is 4.79 Å². The van der Waals surface area contributed by atoms with E-state index in [1.807, 2.05) is 35.2 Å². The van der Waals surface area contributed by atoms with Crippen LogP contribution in [-0.2, 0) is 16.1 Å². The lowest BCUT2D eigenvalue weighted by Gasteiger charge is -2.31. The minimum Gasteiger partial charge on any atom is -0.445 e. The number of nitrogens with one attached hydrogen (secondary N) is 1. The van der Waals surface area contributed by atoms with E-state index >= 15 is 0 Å². The lowest BCUT2D eigenvalue weighted by atomic mass is 9.91. The number of hydrogen-bond acceptors (Lipinski definition) is 3. The largest absolute Gasteiger partial charge is 0.445 e. The Hall–Kier alpha value is -2.30. The van der Waals surface area contributed by atoms with E-state index in [0.29, 0.717) is 18.4 Å². The standard InChI is InChI=1S/C19H24N2O3/c1-2-18(22)21-10-8-15(9-11-21)16-12-17(16)20-19(23)24-13-14-6-4-3-5-7-14/h2-7,15-17H,1,8-13H2,(H,20,23). The van der Waals surface area contributed by atoms with E-state index in [0.717, 1.165) is 37.9 Å². The molecule has 1 aliphatic heterocycles. The number of rotatable bonds is 5. The van der Waals surface area contributed by atoms with Crippen molar-refractivity contribution in [3.63, 3.8) is 0 Å². The Morgan fingerprint density at radius 1 is 1.25 bits per heavy atom. The molecule has 0 spiro atoms. The highest BCUT2D eigenvalue weighted by Gasteiger charge is 2.45. The number of carbonyl (C=O) groups excluding carboxylic acids is 2. The lowest BCUT2D eigenvalue weighted by molar-refractivity contribution is -0.127. The number of likely N-dealkylation sites (tertiary alicyclic amines) is 1. The van der Waals surface area contributed by atoms with Crippen LogP contribution >= 0.6 is 0 Å². The maximum absolute atomic E-state index is 11.9. The predicted octanol–water partition coefficient (Wildman–Crippen LogP) is 2.73. The predicted molar refractivity (Wildman–Crippen MR) is 91.2 cm³/mol. The average Bonchev–Trinajstić information content (AvgIpc) is 3.39. The van der Waals surface area contributed by atoms with E-state index in [4.69, 9.17) is 4.74 Å². The van der Waals surface area contributed by atoms with Gasteiger partial charge in [0.25, 0.3) is 0 Å². The second-order valence-electron chi connectivity index (χ2n) is 6.58. The fourth-order valence-corrected chi connectivity index (χ4v) is 3.49. The molecule has 2 aliphatic rings. The lowest BCUT2D eigenvalue weighted by Crippen LogP contribution is -2.38. The molecule has 1 aromatic carbocycles. The van der Waals surface area contributed by atoms with Gasteiger partial charge in [-0.05, 0) is 42.7 Å². The third-order valence-electron chi connectivity index (χ3n) is 4.99. The number of carbonyl (C=O) groups is 2. The van der Waals surface area contributed by atoms with Gasteiger partial charge in [0.2, 0.25) is 5.91 Å². The summed E-state index contributed by atoms with van der Waals surface area (Å²) in [4.78, 5) is 25.3. The van der Waals surface area contributed by atoms with Gasteiger partial charge in [0.1, 0.15) is 6.61 Å². The van der Waals surface area contributed by atoms with Crippen molar-refractivity contribution in [2.45, 2.75) is 31.9 Å². The Morgan fingerprint density at radius 3 is 2.62 bits per heavy atom. The van der Waals surface area contributed by atoms with Crippen LogP contribution in [0, 0.1) is 11.8 Å². The number of nitrogens with zero attached hydrogens (tertiary/aromatic N) is 1. The van der Waals surface area contributed by atoms with Gasteiger partial charge in [-0.15, -0.1) is 0 Å². The summed E-state index contributed by atoms with van der Waals surface area (Å²) in [6.45, 7) is 5.41. The third-order valence-corrected chi connectivity index (χ3v) is 4.99. The van der Waals surface area contributed by atoms with Gasteiger partial charge in [-0.2, -0.15) is 0 Å². The van der Waals surface area contributed by atoms with Crippen LogP contribution in [0.5, 0.6) is 0 Å². The molecule has 1 N–H and O–H groups in total. The molecule has 5 nitrogen and oxygen atoms in total. The van der Waals surface area contributed by atoms with E-state index in [2.05, 4.69) is 11.9 Å². The van der Waals surface area contributed by atoms with Gasteiger partial charge in [-0.1, -0.05) is 36.9 Å². The van der Waals surface area contributed by atoms with E-state index in [9.17, 15) is 9.59 Å². The molecule has 2 fully saturated rings. The average molecular weight is 328 g/mol. The Kier molecular flexibility index (Phi) is 5.18. The number of ether oxygens (including phenoxy) is 1. The van der Waals surface area contributed by atoms with Crippen molar-refractivity contribution in [1.82, 2.24) is 10.2 Å². The molecule has 1 heterocycles. The van der Waals surface area contributed by atoms with Gasteiger partial charge in [-0.3, -0.25) is 4.79 Å². The molecule has 3 rings (SSSR count). The van der Waals surface area contributed by atoms with Crippen LogP contribution < -0.4 is 5.32 Å². The summed E-state index contributed by atoms with van der Waals surface area (Å²) < 4.78 is 5.26. The number of hydrogen-bond donors (Lipinski definition) is 1. The first kappa shape index (κ1) is 16.6. The molecular weight excluding hydrogens is 304 g/mol. The molecule has 24 heavy (non-hydrogen) atoms. The van der Waals surface area contributed by atoms with Crippen LogP contribution in [0.25, 0.3) is 0 Å². The Bertz CT molecular complexity index is 594. The maximum atomic E-state index is 11.9. The number of benzene rings is 1. The van der Waals surface area contributed by atoms with E-state index in [1.54, 1.807) is 0 Å². The summed E-state index contributed by atoms with van der Waals surface area (Å²) in [7, 11) is 0. The molecule has 1 aliphatic carbocycles. The summed E-state index contributed by atoms with van der Waals surface area (Å²) in [6.07, 6.45) is 4.05. The maximum Gasteiger partial charge on any atom is 0.407 e. The van der Waals surface area contributed by atoms with Crippen LogP contribution in [-0.4, -0.2) is 36.0 Å². The monoisotopic (exact) mass is 328 g/mol. The fraction of sp³-hybridized carbons (Fsp3) is 0.474. The summed E-state index contributed by atoms with van der Waals surface area (Å²) >= 11 is 0. The van der Waals surface area contributed by atoms with Gasteiger partial charge >= 0.3 is 6.09 Å². The normalized spacial score (nSPS) is 23.4. The van der Waals surface area contributed by atoms with E-state index in [-0.39, 0.29) is 18.0 Å². The van der Waals surface area contributed by atoms with Gasteiger partial charge < -0.3 is 15.0 Å². The van der Waals surface area contributed by atoms with Crippen molar-refractivity contribution in [2.24, 2.45) is 11.8 Å². The van der Waals surface area contributed by atoms with Crippen molar-refractivity contribution in [1.29, 1.82) is 0 Å². The second kappa shape index (κ2) is 7.51. The highest BCUT2D eigenvalue weighted by atomic mass is 16.5. The highest BCUT2D eigenvalue weighted by Crippen LogP contribution is 2.42. The fourth-order valence-electron chi connectivity index (χ4n) is 3.49. The summed E-state index contributed by atoms with van der Waals surface area (Å²) in [5.74, 6) is 1.12. The molecule has 2 unspecified atom stereocenters. The molecule has 0 bridgehead atoms. The molecule has 1 saturated heterocycles. The molecule has 1 aromatic rings. The first-order chi connectivity index (χ1) is 11.7. The smallest absolute Gasteiger partial charge is 0.407 e. The van der Waals surface area contributed by atoms with Crippen LogP contribution in [0.15, 0.2) is 43.0 Å². The summed E-state index contributed by atoms with van der Waals surface area (Å²) in [6, 6.07) is 9.89. The molecule has 128 valence electrons. The van der Waals surface area contributed by atoms with Crippen molar-refractivity contribution in [2.75, 3.05) is 13.1 Å². The first-order valence-corrected chi connectivity index (χ1v) is 8.56. The Balaban J connectivity index is 1.36. The SMILES string of the molecule is C=CC(=O)N1CCC(C2CC2NC(=O)OCc2ccccc2)CC1. The molecule has 5 heteroatoms. The number of amides is 2. The van der Waals surface area contributed by atoms with Crippen molar-refractivity contribution >= 4 is 12.0 Å². The topological polar surface area (TPSA) is 58.6 Å². The molecule has 0 radical (unpaired) electrons. The van der Waals surface area contributed by atoms with Gasteiger partial charge in [0.15, 0.2) is 0 Å².